The van der Waals surface area contributed by atoms with Gasteiger partial charge in [-0.2, -0.15) is 0 Å². The van der Waals surface area contributed by atoms with Gasteiger partial charge in [-0.05, 0) is 38.5 Å². The number of carboxylic acids is 1. The van der Waals surface area contributed by atoms with Crippen LogP contribution >= 0.6 is 35.6 Å². The Kier molecular flexibility index (Phi) is 8.02. The van der Waals surface area contributed by atoms with Crippen molar-refractivity contribution >= 4 is 47.7 Å². The summed E-state index contributed by atoms with van der Waals surface area (Å²) in [7, 11) is 0. The maximum Gasteiger partial charge on any atom is 0.411 e. The van der Waals surface area contributed by atoms with E-state index in [0.717, 1.165) is 5.56 Å². The molecule has 1 aromatic rings. The van der Waals surface area contributed by atoms with Crippen LogP contribution in [0.15, 0.2) is 18.2 Å². The van der Waals surface area contributed by atoms with Crippen molar-refractivity contribution in [2.45, 2.75) is 39.0 Å². The first-order valence-corrected chi connectivity index (χ1v) is 8.71. The highest BCUT2D eigenvalue weighted by molar-refractivity contribution is 6.42. The zero-order valence-electron chi connectivity index (χ0n) is 14.9. The highest BCUT2D eigenvalue weighted by atomic mass is 35.5. The van der Waals surface area contributed by atoms with Gasteiger partial charge in [-0.1, -0.05) is 29.3 Å². The Hall–Kier alpha value is -1.21. The Bertz CT molecular complexity index is 664. The van der Waals surface area contributed by atoms with Gasteiger partial charge in [0.15, 0.2) is 0 Å². The van der Waals surface area contributed by atoms with Gasteiger partial charge in [-0.25, -0.2) is 9.59 Å². The molecule has 1 heterocycles. The number of carbonyl (C=O) groups excluding carboxylic acids is 1. The molecule has 6 nitrogen and oxygen atoms in total. The summed E-state index contributed by atoms with van der Waals surface area (Å²) in [6.07, 6.45) is -0.603. The molecule has 146 valence electrons. The lowest BCUT2D eigenvalue weighted by Gasteiger charge is -2.39. The summed E-state index contributed by atoms with van der Waals surface area (Å²) in [6.45, 7) is 6.83. The van der Waals surface area contributed by atoms with Gasteiger partial charge >= 0.3 is 12.1 Å². The van der Waals surface area contributed by atoms with Gasteiger partial charge in [0.1, 0.15) is 11.6 Å². The number of carbonyl (C=O) groups is 2. The van der Waals surface area contributed by atoms with Crippen LogP contribution in [0.25, 0.3) is 0 Å². The average molecular weight is 426 g/mol. The third kappa shape index (κ3) is 6.20. The standard InChI is InChI=1S/C17H22Cl2N2O4.ClH/c1-17(2,3)25-16(24)21-7-6-20(10-14(21)15(22)23)9-11-4-5-12(18)13(19)8-11;/h4-5,8,14H,6-7,9-10H2,1-3H3,(H,22,23);1H. The summed E-state index contributed by atoms with van der Waals surface area (Å²) in [5.74, 6) is -1.05. The Morgan fingerprint density at radius 2 is 1.88 bits per heavy atom. The Balaban J connectivity index is 0.00000338. The first-order chi connectivity index (χ1) is 11.6. The number of halogens is 3. The molecule has 2 rings (SSSR count). The van der Waals surface area contributed by atoms with E-state index in [9.17, 15) is 14.7 Å². The van der Waals surface area contributed by atoms with Crippen LogP contribution in [-0.4, -0.2) is 58.2 Å². The second kappa shape index (κ2) is 9.13. The van der Waals surface area contributed by atoms with E-state index in [1.165, 1.54) is 4.90 Å². The molecule has 26 heavy (non-hydrogen) atoms. The molecular weight excluding hydrogens is 403 g/mol. The van der Waals surface area contributed by atoms with Crippen molar-refractivity contribution in [3.63, 3.8) is 0 Å². The van der Waals surface area contributed by atoms with Crippen LogP contribution in [0.5, 0.6) is 0 Å². The van der Waals surface area contributed by atoms with Gasteiger partial charge in [-0.3, -0.25) is 9.80 Å². The molecule has 0 aliphatic carbocycles. The molecule has 0 aromatic heterocycles. The lowest BCUT2D eigenvalue weighted by molar-refractivity contribution is -0.145. The van der Waals surface area contributed by atoms with E-state index >= 15 is 0 Å². The molecule has 0 saturated carbocycles. The number of piperazine rings is 1. The maximum absolute atomic E-state index is 12.3. The van der Waals surface area contributed by atoms with Crippen LogP contribution in [0.1, 0.15) is 26.3 Å². The molecule has 1 amide bonds. The minimum atomic E-state index is -1.05. The molecule has 1 aromatic carbocycles. The lowest BCUT2D eigenvalue weighted by Crippen LogP contribution is -2.58. The van der Waals surface area contributed by atoms with Crippen LogP contribution in [0.4, 0.5) is 4.79 Å². The van der Waals surface area contributed by atoms with E-state index in [4.69, 9.17) is 27.9 Å². The minimum Gasteiger partial charge on any atom is -0.480 e. The second-order valence-corrected chi connectivity index (χ2v) is 7.83. The highest BCUT2D eigenvalue weighted by Crippen LogP contribution is 2.24. The summed E-state index contributed by atoms with van der Waals surface area (Å²) in [6, 6.07) is 4.38. The van der Waals surface area contributed by atoms with Crippen LogP contribution < -0.4 is 0 Å². The van der Waals surface area contributed by atoms with Crippen molar-refractivity contribution in [1.29, 1.82) is 0 Å². The monoisotopic (exact) mass is 424 g/mol. The summed E-state index contributed by atoms with van der Waals surface area (Å²) in [4.78, 5) is 27.1. The normalized spacial score (nSPS) is 18.2. The van der Waals surface area contributed by atoms with Crippen LogP contribution in [0, 0.1) is 0 Å². The SMILES string of the molecule is CC(C)(C)OC(=O)N1CCN(Cc2ccc(Cl)c(Cl)c2)CC1C(=O)O.Cl. The molecule has 1 aliphatic heterocycles. The van der Waals surface area contributed by atoms with Gasteiger partial charge in [0.05, 0.1) is 10.0 Å². The first kappa shape index (κ1) is 22.8. The molecule has 0 radical (unpaired) electrons. The molecule has 1 saturated heterocycles. The number of rotatable bonds is 3. The number of nitrogens with zero attached hydrogens (tertiary/aromatic N) is 2. The Morgan fingerprint density at radius 1 is 1.23 bits per heavy atom. The number of ether oxygens (including phenoxy) is 1. The van der Waals surface area contributed by atoms with Crippen molar-refractivity contribution in [3.05, 3.63) is 33.8 Å². The molecule has 0 bridgehead atoms. The molecule has 0 spiro atoms. The molecule has 1 N–H and O–H groups in total. The predicted molar refractivity (Wildman–Crippen MR) is 103 cm³/mol. The smallest absolute Gasteiger partial charge is 0.411 e. The fourth-order valence-corrected chi connectivity index (χ4v) is 2.95. The van der Waals surface area contributed by atoms with Crippen molar-refractivity contribution in [2.75, 3.05) is 19.6 Å². The fourth-order valence-electron chi connectivity index (χ4n) is 2.63. The zero-order chi connectivity index (χ0) is 18.8. The number of hydrogen-bond donors (Lipinski definition) is 1. The number of aliphatic carboxylic acids is 1. The fraction of sp³-hybridized carbons (Fsp3) is 0.529. The third-order valence-corrected chi connectivity index (χ3v) is 4.51. The number of hydrogen-bond acceptors (Lipinski definition) is 4. The number of carboxylic acid groups (broad SMARTS) is 1. The summed E-state index contributed by atoms with van der Waals surface area (Å²) in [5.41, 5.74) is 0.265. The van der Waals surface area contributed by atoms with Gasteiger partial charge in [0.2, 0.25) is 0 Å². The molecule has 1 atom stereocenters. The van der Waals surface area contributed by atoms with Crippen molar-refractivity contribution in [2.24, 2.45) is 0 Å². The van der Waals surface area contributed by atoms with Gasteiger partial charge < -0.3 is 9.84 Å². The van der Waals surface area contributed by atoms with Crippen molar-refractivity contribution in [3.8, 4) is 0 Å². The van der Waals surface area contributed by atoms with E-state index in [-0.39, 0.29) is 25.5 Å². The molecular formula is C17H23Cl3N2O4. The second-order valence-electron chi connectivity index (χ2n) is 7.01. The zero-order valence-corrected chi connectivity index (χ0v) is 17.2. The molecule has 1 aliphatic rings. The number of benzene rings is 1. The first-order valence-electron chi connectivity index (χ1n) is 7.95. The van der Waals surface area contributed by atoms with Gasteiger partial charge in [0, 0.05) is 26.2 Å². The quantitative estimate of drug-likeness (QED) is 0.795. The van der Waals surface area contributed by atoms with Crippen LogP contribution in [0.3, 0.4) is 0 Å². The average Bonchev–Trinajstić information content (AvgIpc) is 2.49. The largest absolute Gasteiger partial charge is 0.480 e. The summed E-state index contributed by atoms with van der Waals surface area (Å²) >= 11 is 11.9. The Morgan fingerprint density at radius 3 is 2.42 bits per heavy atom. The van der Waals surface area contributed by atoms with Gasteiger partial charge in [0.25, 0.3) is 0 Å². The minimum absolute atomic E-state index is 0. The summed E-state index contributed by atoms with van der Waals surface area (Å²) in [5, 5.41) is 10.4. The van der Waals surface area contributed by atoms with E-state index < -0.39 is 23.7 Å². The van der Waals surface area contributed by atoms with Gasteiger partial charge in [-0.15, -0.1) is 12.4 Å². The van der Waals surface area contributed by atoms with E-state index in [0.29, 0.717) is 23.1 Å². The highest BCUT2D eigenvalue weighted by Gasteiger charge is 2.37. The molecule has 9 heteroatoms. The van der Waals surface area contributed by atoms with Crippen LogP contribution in [0.2, 0.25) is 10.0 Å². The van der Waals surface area contributed by atoms with E-state index in [1.54, 1.807) is 32.9 Å². The maximum atomic E-state index is 12.3. The number of amides is 1. The molecule has 1 unspecified atom stereocenters. The Labute approximate surface area is 169 Å². The van der Waals surface area contributed by atoms with E-state index in [1.807, 2.05) is 11.0 Å². The molecule has 1 fully saturated rings. The summed E-state index contributed by atoms with van der Waals surface area (Å²) < 4.78 is 5.31. The van der Waals surface area contributed by atoms with E-state index in [2.05, 4.69) is 0 Å². The van der Waals surface area contributed by atoms with Crippen LogP contribution in [-0.2, 0) is 16.1 Å². The predicted octanol–water partition coefficient (Wildman–Crippen LogP) is 3.92. The lowest BCUT2D eigenvalue weighted by atomic mass is 10.1. The third-order valence-electron chi connectivity index (χ3n) is 3.77. The topological polar surface area (TPSA) is 70.1 Å². The van der Waals surface area contributed by atoms with Crippen molar-refractivity contribution in [1.82, 2.24) is 9.80 Å². The van der Waals surface area contributed by atoms with Crippen molar-refractivity contribution < 1.29 is 19.4 Å².